The van der Waals surface area contributed by atoms with Gasteiger partial charge in [0.2, 0.25) is 0 Å². The summed E-state index contributed by atoms with van der Waals surface area (Å²) >= 11 is 11.5. The van der Waals surface area contributed by atoms with E-state index in [1.807, 2.05) is 31.2 Å². The predicted molar refractivity (Wildman–Crippen MR) is 62.6 cm³/mol. The normalized spacial score (nSPS) is 9.67. The summed E-state index contributed by atoms with van der Waals surface area (Å²) < 4.78 is 3.00. The molecule has 2 nitrogen and oxygen atoms in total. The number of hydrogen-bond acceptors (Lipinski definition) is 4. The van der Waals surface area contributed by atoms with Crippen LogP contribution in [0.5, 0.6) is 0 Å². The number of para-hydroxylation sites is 1. The summed E-state index contributed by atoms with van der Waals surface area (Å²) in [7, 11) is 0. The molecule has 1 aromatic heterocycles. The Morgan fingerprint density at radius 2 is 2.07 bits per heavy atom. The standard InChI is InChI=1S/C9H8N2S3.K/c1-6-4-2-3-5-7(6)11-9(13)14-8(12)10-11;/h2-5H,1H3,(H,10,12);/q;+1/p-1. The molecule has 0 aliphatic rings. The Balaban J connectivity index is 0.00000112. The third-order valence-electron chi connectivity index (χ3n) is 1.87. The van der Waals surface area contributed by atoms with Gasteiger partial charge in [-0.15, -0.1) is 0 Å². The summed E-state index contributed by atoms with van der Waals surface area (Å²) in [6.07, 6.45) is 0. The van der Waals surface area contributed by atoms with Gasteiger partial charge >= 0.3 is 51.4 Å². The molecule has 0 bridgehead atoms. The SMILES string of the molecule is Cc1ccccc1-n1nc([S-])sc1=S.[K+]. The van der Waals surface area contributed by atoms with Gasteiger partial charge in [-0.3, -0.25) is 0 Å². The van der Waals surface area contributed by atoms with Crippen LogP contribution in [0.2, 0.25) is 0 Å². The van der Waals surface area contributed by atoms with E-state index in [0.29, 0.717) is 8.29 Å². The van der Waals surface area contributed by atoms with Gasteiger partial charge in [0.25, 0.3) is 0 Å². The Morgan fingerprint density at radius 3 is 2.60 bits per heavy atom. The van der Waals surface area contributed by atoms with Crippen molar-refractivity contribution in [3.63, 3.8) is 0 Å². The summed E-state index contributed by atoms with van der Waals surface area (Å²) in [5, 5.41) is 4.19. The molecule has 0 N–H and O–H groups in total. The van der Waals surface area contributed by atoms with Crippen molar-refractivity contribution in [2.24, 2.45) is 0 Å². The maximum atomic E-state index is 5.17. The molecular formula is C9H7KN2S3. The summed E-state index contributed by atoms with van der Waals surface area (Å²) in [6.45, 7) is 2.03. The van der Waals surface area contributed by atoms with Crippen molar-refractivity contribution in [3.8, 4) is 5.69 Å². The first-order valence-electron chi connectivity index (χ1n) is 4.01. The van der Waals surface area contributed by atoms with Gasteiger partial charge in [0.1, 0.15) is 0 Å². The van der Waals surface area contributed by atoms with E-state index in [9.17, 15) is 0 Å². The fraction of sp³-hybridized carbons (Fsp3) is 0.111. The molecule has 15 heavy (non-hydrogen) atoms. The average Bonchev–Trinajstić information content (AvgIpc) is 2.46. The van der Waals surface area contributed by atoms with Crippen LogP contribution in [0.1, 0.15) is 5.56 Å². The minimum absolute atomic E-state index is 0. The molecule has 0 aliphatic carbocycles. The molecule has 2 aromatic rings. The van der Waals surface area contributed by atoms with E-state index in [1.165, 1.54) is 11.3 Å². The second kappa shape index (κ2) is 5.97. The third-order valence-corrected chi connectivity index (χ3v) is 3.23. The zero-order valence-electron chi connectivity index (χ0n) is 8.43. The Labute approximate surface area is 146 Å². The molecule has 0 saturated carbocycles. The molecule has 6 heteroatoms. The quantitative estimate of drug-likeness (QED) is 0.412. The van der Waals surface area contributed by atoms with E-state index in [1.54, 1.807) is 4.68 Å². The smallest absolute Gasteiger partial charge is 0.406 e. The van der Waals surface area contributed by atoms with Crippen LogP contribution in [0.3, 0.4) is 0 Å². The van der Waals surface area contributed by atoms with Crippen molar-refractivity contribution in [1.82, 2.24) is 9.78 Å². The average molecular weight is 278 g/mol. The molecule has 0 unspecified atom stereocenters. The third kappa shape index (κ3) is 3.16. The fourth-order valence-corrected chi connectivity index (χ4v) is 2.56. The maximum Gasteiger partial charge on any atom is 1.00 e. The molecule has 0 saturated heterocycles. The second-order valence-corrected chi connectivity index (χ2v) is 5.10. The Bertz CT molecular complexity index is 518. The molecule has 72 valence electrons. The number of rotatable bonds is 1. The van der Waals surface area contributed by atoms with Gasteiger partial charge in [-0.25, -0.2) is 4.68 Å². The first-order chi connectivity index (χ1) is 6.68. The van der Waals surface area contributed by atoms with Crippen LogP contribution >= 0.6 is 23.6 Å². The van der Waals surface area contributed by atoms with Gasteiger partial charge in [-0.2, -0.15) is 5.10 Å². The minimum Gasteiger partial charge on any atom is -0.406 e. The predicted octanol–water partition coefficient (Wildman–Crippen LogP) is -0.118. The van der Waals surface area contributed by atoms with Crippen LogP contribution in [-0.4, -0.2) is 9.78 Å². The number of hydrogen-bond donors (Lipinski definition) is 0. The van der Waals surface area contributed by atoms with E-state index in [0.717, 1.165) is 11.3 Å². The van der Waals surface area contributed by atoms with Gasteiger partial charge in [0, 0.05) is 0 Å². The van der Waals surface area contributed by atoms with E-state index in [4.69, 9.17) is 24.8 Å². The van der Waals surface area contributed by atoms with Crippen molar-refractivity contribution in [2.75, 3.05) is 0 Å². The monoisotopic (exact) mass is 278 g/mol. The van der Waals surface area contributed by atoms with Crippen LogP contribution in [-0.2, 0) is 12.6 Å². The van der Waals surface area contributed by atoms with Crippen LogP contribution in [0.25, 0.3) is 5.69 Å². The van der Waals surface area contributed by atoms with Crippen molar-refractivity contribution in [2.45, 2.75) is 11.3 Å². The zero-order chi connectivity index (χ0) is 10.1. The van der Waals surface area contributed by atoms with E-state index in [2.05, 4.69) is 5.10 Å². The van der Waals surface area contributed by atoms with E-state index in [-0.39, 0.29) is 51.4 Å². The summed E-state index contributed by atoms with van der Waals surface area (Å²) in [5.41, 5.74) is 2.15. The first kappa shape index (κ1) is 13.9. The zero-order valence-corrected chi connectivity index (χ0v) is 14.0. The van der Waals surface area contributed by atoms with Crippen molar-refractivity contribution < 1.29 is 51.4 Å². The van der Waals surface area contributed by atoms with Crippen molar-refractivity contribution in [1.29, 1.82) is 0 Å². The van der Waals surface area contributed by atoms with E-state index >= 15 is 0 Å². The molecule has 0 aliphatic heterocycles. The van der Waals surface area contributed by atoms with Gasteiger partial charge in [0.15, 0.2) is 0 Å². The summed E-state index contributed by atoms with van der Waals surface area (Å²) in [5.74, 6) is 0. The summed E-state index contributed by atoms with van der Waals surface area (Å²) in [4.78, 5) is 0. The summed E-state index contributed by atoms with van der Waals surface area (Å²) in [6, 6.07) is 7.97. The van der Waals surface area contributed by atoms with Crippen molar-refractivity contribution >= 4 is 36.2 Å². The second-order valence-electron chi connectivity index (χ2n) is 2.83. The molecular weight excluding hydrogens is 271 g/mol. The number of aromatic nitrogens is 2. The van der Waals surface area contributed by atoms with Crippen LogP contribution < -0.4 is 51.4 Å². The molecule has 0 radical (unpaired) electrons. The number of aryl methyl sites for hydroxylation is 1. The van der Waals surface area contributed by atoms with E-state index < -0.39 is 0 Å². The van der Waals surface area contributed by atoms with Gasteiger partial charge in [0.05, 0.1) is 9.64 Å². The molecule has 2 rings (SSSR count). The number of nitrogens with zero attached hydrogens (tertiary/aromatic N) is 2. The minimum atomic E-state index is 0. The van der Waals surface area contributed by atoms with Crippen LogP contribution in [0.15, 0.2) is 28.6 Å². The Morgan fingerprint density at radius 1 is 1.40 bits per heavy atom. The number of benzene rings is 1. The molecule has 1 aromatic carbocycles. The molecule has 0 amide bonds. The van der Waals surface area contributed by atoms with Crippen LogP contribution in [0, 0.1) is 10.9 Å². The topological polar surface area (TPSA) is 17.8 Å². The maximum absolute atomic E-state index is 5.17. The fourth-order valence-electron chi connectivity index (χ4n) is 1.21. The molecule has 0 spiro atoms. The Kier molecular flexibility index (Phi) is 5.54. The van der Waals surface area contributed by atoms with Gasteiger partial charge in [-0.1, -0.05) is 30.4 Å². The first-order valence-corrected chi connectivity index (χ1v) is 5.65. The molecule has 1 heterocycles. The van der Waals surface area contributed by atoms with Crippen molar-refractivity contribution in [3.05, 3.63) is 33.8 Å². The Hall–Kier alpha value is 0.856. The van der Waals surface area contributed by atoms with Gasteiger partial charge in [-0.05, 0) is 22.9 Å². The van der Waals surface area contributed by atoms with Gasteiger partial charge < -0.3 is 24.0 Å². The molecule has 0 atom stereocenters. The molecule has 0 fully saturated rings. The van der Waals surface area contributed by atoms with Crippen LogP contribution in [0.4, 0.5) is 0 Å². The largest absolute Gasteiger partial charge is 1.00 e.